The van der Waals surface area contributed by atoms with Gasteiger partial charge in [-0.05, 0) is 36.8 Å². The standard InChI is InChI=1S/C24H24F6N2O5S/c1-31-16(6-7-21(26)27)10-32(15-4-2-14(25)3-5-15)18-8-17(24(28,29)30)19(9-20(18)38(31)35)37-13-23(22(33)34)11-36-12-23/h2-5,8-9,16,21H,6-7,10-13H2,1H3,(H,33,34). The number of carboxylic acid groups (broad SMARTS) is 1. The molecule has 1 N–H and O–H groups in total. The van der Waals surface area contributed by atoms with Gasteiger partial charge in [0.1, 0.15) is 34.6 Å². The molecule has 2 aliphatic rings. The zero-order valence-corrected chi connectivity index (χ0v) is 20.8. The van der Waals surface area contributed by atoms with Crippen molar-refractivity contribution in [3.8, 4) is 5.75 Å². The van der Waals surface area contributed by atoms with Crippen molar-refractivity contribution in [2.45, 2.75) is 36.4 Å². The first kappa shape index (κ1) is 28.2. The summed E-state index contributed by atoms with van der Waals surface area (Å²) in [6.45, 7) is -1.21. The average molecular weight is 567 g/mol. The zero-order valence-electron chi connectivity index (χ0n) is 20.0. The normalized spacial score (nSPS) is 21.5. The molecule has 0 bridgehead atoms. The van der Waals surface area contributed by atoms with Crippen LogP contribution in [0, 0.1) is 11.2 Å². The topological polar surface area (TPSA) is 79.3 Å². The van der Waals surface area contributed by atoms with Gasteiger partial charge in [0.25, 0.3) is 0 Å². The van der Waals surface area contributed by atoms with Gasteiger partial charge in [-0.25, -0.2) is 21.7 Å². The second-order valence-electron chi connectivity index (χ2n) is 9.19. The van der Waals surface area contributed by atoms with E-state index in [4.69, 9.17) is 9.47 Å². The summed E-state index contributed by atoms with van der Waals surface area (Å²) in [5.74, 6) is -2.61. The molecule has 4 rings (SSSR count). The molecule has 2 aromatic rings. The van der Waals surface area contributed by atoms with Crippen molar-refractivity contribution in [1.82, 2.24) is 4.31 Å². The molecule has 0 saturated carbocycles. The molecule has 1 saturated heterocycles. The fourth-order valence-electron chi connectivity index (χ4n) is 4.25. The zero-order chi connectivity index (χ0) is 27.8. The van der Waals surface area contributed by atoms with Gasteiger partial charge >= 0.3 is 12.1 Å². The molecule has 38 heavy (non-hydrogen) atoms. The number of hydrogen-bond acceptors (Lipinski definition) is 5. The van der Waals surface area contributed by atoms with Crippen LogP contribution in [0.1, 0.15) is 18.4 Å². The highest BCUT2D eigenvalue weighted by atomic mass is 32.2. The van der Waals surface area contributed by atoms with Crippen LogP contribution < -0.4 is 9.64 Å². The van der Waals surface area contributed by atoms with E-state index in [1.807, 2.05) is 0 Å². The molecule has 1 fully saturated rings. The number of nitrogens with zero attached hydrogens (tertiary/aromatic N) is 2. The molecule has 2 unspecified atom stereocenters. The number of rotatable bonds is 8. The Morgan fingerprint density at radius 2 is 1.89 bits per heavy atom. The Morgan fingerprint density at radius 3 is 2.42 bits per heavy atom. The number of hydrogen-bond donors (Lipinski definition) is 1. The van der Waals surface area contributed by atoms with Crippen LogP contribution in [-0.2, 0) is 26.7 Å². The molecule has 2 aliphatic heterocycles. The SMILES string of the molecule is CN1C(CCC(F)F)CN(c2ccc(F)cc2)c2cc(C(F)(F)F)c(OCC3(C(=O)O)COC3)cc2S1=O. The Kier molecular flexibility index (Phi) is 7.96. The van der Waals surface area contributed by atoms with Crippen LogP contribution in [0.5, 0.6) is 5.75 Å². The fourth-order valence-corrected chi connectivity index (χ4v) is 5.55. The summed E-state index contributed by atoms with van der Waals surface area (Å²) < 4.78 is 107. The van der Waals surface area contributed by atoms with Crippen LogP contribution in [0.4, 0.5) is 37.7 Å². The molecule has 0 spiro atoms. The number of halogens is 6. The predicted molar refractivity (Wildman–Crippen MR) is 124 cm³/mol. The lowest BCUT2D eigenvalue weighted by Gasteiger charge is -2.37. The molecule has 2 heterocycles. The Hall–Kier alpha value is -2.84. The molecule has 0 aromatic heterocycles. The van der Waals surface area contributed by atoms with Gasteiger partial charge in [-0.15, -0.1) is 0 Å². The maximum Gasteiger partial charge on any atom is 0.420 e. The first-order chi connectivity index (χ1) is 17.8. The van der Waals surface area contributed by atoms with Crippen molar-refractivity contribution in [1.29, 1.82) is 0 Å². The summed E-state index contributed by atoms with van der Waals surface area (Å²) in [4.78, 5) is 12.9. The number of ether oxygens (including phenoxy) is 2. The van der Waals surface area contributed by atoms with E-state index in [9.17, 15) is 40.5 Å². The van der Waals surface area contributed by atoms with E-state index in [0.717, 1.165) is 24.3 Å². The number of carboxylic acids is 1. The lowest BCUT2D eigenvalue weighted by atomic mass is 9.87. The van der Waals surface area contributed by atoms with Gasteiger partial charge < -0.3 is 19.5 Å². The van der Waals surface area contributed by atoms with Crippen LogP contribution in [0.3, 0.4) is 0 Å². The van der Waals surface area contributed by atoms with Gasteiger partial charge in [-0.3, -0.25) is 4.79 Å². The number of aliphatic carboxylic acids is 1. The van der Waals surface area contributed by atoms with Gasteiger partial charge in [0, 0.05) is 37.8 Å². The molecule has 2 aromatic carbocycles. The highest BCUT2D eigenvalue weighted by molar-refractivity contribution is 7.82. The summed E-state index contributed by atoms with van der Waals surface area (Å²) in [5.41, 5.74) is -2.62. The predicted octanol–water partition coefficient (Wildman–Crippen LogP) is 4.84. The number of likely N-dealkylation sites (N-methyl/N-ethyl adjacent to an activating group) is 1. The van der Waals surface area contributed by atoms with Crippen molar-refractivity contribution in [2.75, 3.05) is 38.3 Å². The van der Waals surface area contributed by atoms with Gasteiger partial charge in [0.05, 0.1) is 29.4 Å². The van der Waals surface area contributed by atoms with Crippen LogP contribution in [0.25, 0.3) is 0 Å². The number of fused-ring (bicyclic) bond motifs is 1. The Bertz CT molecular complexity index is 1210. The maximum absolute atomic E-state index is 14.2. The molecule has 2 atom stereocenters. The average Bonchev–Trinajstić information content (AvgIpc) is 2.91. The molecular formula is C24H24F6N2O5S. The highest BCUT2D eigenvalue weighted by Gasteiger charge is 2.48. The van der Waals surface area contributed by atoms with Crippen LogP contribution >= 0.6 is 0 Å². The van der Waals surface area contributed by atoms with Gasteiger partial charge in [-0.1, -0.05) is 0 Å². The van der Waals surface area contributed by atoms with E-state index in [1.54, 1.807) is 0 Å². The summed E-state index contributed by atoms with van der Waals surface area (Å²) in [6.07, 6.45) is -8.22. The third kappa shape index (κ3) is 5.61. The summed E-state index contributed by atoms with van der Waals surface area (Å²) >= 11 is 0. The molecule has 7 nitrogen and oxygen atoms in total. The van der Waals surface area contributed by atoms with Crippen molar-refractivity contribution in [3.05, 3.63) is 47.8 Å². The lowest BCUT2D eigenvalue weighted by molar-refractivity contribution is -0.185. The first-order valence-electron chi connectivity index (χ1n) is 11.5. The number of alkyl halides is 5. The first-order valence-corrected chi connectivity index (χ1v) is 12.6. The van der Waals surface area contributed by atoms with Crippen LogP contribution in [-0.4, -0.2) is 65.5 Å². The minimum absolute atomic E-state index is 0.103. The number of carbonyl (C=O) groups is 1. The second-order valence-corrected chi connectivity index (χ2v) is 10.7. The van der Waals surface area contributed by atoms with Crippen molar-refractivity contribution < 1.29 is 49.9 Å². The smallest absolute Gasteiger partial charge is 0.420 e. The minimum atomic E-state index is -4.94. The van der Waals surface area contributed by atoms with E-state index < -0.39 is 71.2 Å². The summed E-state index contributed by atoms with van der Waals surface area (Å²) in [7, 11) is -0.693. The molecular weight excluding hydrogens is 542 g/mol. The largest absolute Gasteiger partial charge is 0.492 e. The molecule has 0 aliphatic carbocycles. The van der Waals surface area contributed by atoms with E-state index in [2.05, 4.69) is 0 Å². The number of benzene rings is 2. The van der Waals surface area contributed by atoms with Crippen LogP contribution in [0.15, 0.2) is 41.3 Å². The van der Waals surface area contributed by atoms with Crippen molar-refractivity contribution in [2.24, 2.45) is 5.41 Å². The fraction of sp³-hybridized carbons (Fsp3) is 0.458. The van der Waals surface area contributed by atoms with E-state index >= 15 is 0 Å². The summed E-state index contributed by atoms with van der Waals surface area (Å²) in [6, 6.07) is 5.76. The maximum atomic E-state index is 14.2. The lowest BCUT2D eigenvalue weighted by Crippen LogP contribution is -2.53. The van der Waals surface area contributed by atoms with Crippen LogP contribution in [0.2, 0.25) is 0 Å². The van der Waals surface area contributed by atoms with Crippen molar-refractivity contribution >= 4 is 28.3 Å². The minimum Gasteiger partial charge on any atom is -0.492 e. The van der Waals surface area contributed by atoms with E-state index in [0.29, 0.717) is 0 Å². The second kappa shape index (κ2) is 10.7. The Morgan fingerprint density at radius 1 is 1.24 bits per heavy atom. The third-order valence-electron chi connectivity index (χ3n) is 6.59. The molecule has 208 valence electrons. The van der Waals surface area contributed by atoms with Crippen molar-refractivity contribution in [3.63, 3.8) is 0 Å². The highest BCUT2D eigenvalue weighted by Crippen LogP contribution is 2.45. The monoisotopic (exact) mass is 566 g/mol. The molecule has 0 radical (unpaired) electrons. The van der Waals surface area contributed by atoms with E-state index in [-0.39, 0.29) is 42.4 Å². The Balaban J connectivity index is 1.83. The van der Waals surface area contributed by atoms with Gasteiger partial charge in [0.2, 0.25) is 6.43 Å². The van der Waals surface area contributed by atoms with Gasteiger partial charge in [0.15, 0.2) is 0 Å². The van der Waals surface area contributed by atoms with E-state index in [1.165, 1.54) is 28.4 Å². The quantitative estimate of drug-likeness (QED) is 0.461. The number of anilines is 2. The summed E-state index contributed by atoms with van der Waals surface area (Å²) in [5, 5.41) is 9.47. The molecule has 0 amide bonds. The molecule has 14 heteroatoms. The van der Waals surface area contributed by atoms with Gasteiger partial charge in [-0.2, -0.15) is 13.2 Å². The Labute approximate surface area is 216 Å². The third-order valence-corrected chi connectivity index (χ3v) is 8.11.